The quantitative estimate of drug-likeness (QED) is 0.268. The van der Waals surface area contributed by atoms with Crippen LogP contribution in [-0.2, 0) is 29.2 Å². The summed E-state index contributed by atoms with van der Waals surface area (Å²) in [4.78, 5) is 64.0. The lowest BCUT2D eigenvalue weighted by Gasteiger charge is -2.40. The molecule has 1 aromatic carbocycles. The second kappa shape index (κ2) is 12.7. The van der Waals surface area contributed by atoms with E-state index in [1.54, 1.807) is 13.8 Å². The highest BCUT2D eigenvalue weighted by Crippen LogP contribution is 2.31. The number of hydrogen-bond donors (Lipinski definition) is 2. The number of carboxylic acids is 1. The van der Waals surface area contributed by atoms with Crippen LogP contribution in [0.2, 0.25) is 0 Å². The molecule has 40 heavy (non-hydrogen) atoms. The number of carboxylic acid groups (broad SMARTS) is 1. The number of nitrogens with one attached hydrogen (secondary N) is 1. The van der Waals surface area contributed by atoms with Gasteiger partial charge in [0.25, 0.3) is 15.7 Å². The molecule has 3 amide bonds. The van der Waals surface area contributed by atoms with Crippen molar-refractivity contribution in [2.24, 2.45) is 5.92 Å². The molecule has 2 atom stereocenters. The smallest absolute Gasteiger partial charge is 0.305 e. The molecule has 15 heteroatoms. The molecule has 1 aliphatic heterocycles. The molecule has 1 heterocycles. The van der Waals surface area contributed by atoms with Gasteiger partial charge in [0.15, 0.2) is 4.90 Å². The van der Waals surface area contributed by atoms with Crippen LogP contribution in [0.1, 0.15) is 47.0 Å². The van der Waals surface area contributed by atoms with Crippen molar-refractivity contribution in [2.75, 3.05) is 27.2 Å². The zero-order valence-corrected chi connectivity index (χ0v) is 24.3. The number of benzene rings is 1. The Balaban J connectivity index is 2.35. The molecule has 1 fully saturated rings. The van der Waals surface area contributed by atoms with E-state index < -0.39 is 79.2 Å². The van der Waals surface area contributed by atoms with Gasteiger partial charge in [-0.25, -0.2) is 8.42 Å². The number of sulfonamides is 1. The molecular weight excluding hydrogens is 546 g/mol. The summed E-state index contributed by atoms with van der Waals surface area (Å²) >= 11 is 0. The summed E-state index contributed by atoms with van der Waals surface area (Å²) in [5.74, 6) is -3.91. The number of nitrogens with zero attached hydrogens (tertiary/aromatic N) is 4. The molecule has 1 unspecified atom stereocenters. The molecule has 2 rings (SSSR count). The maximum absolute atomic E-state index is 13.7. The zero-order chi connectivity index (χ0) is 30.6. The van der Waals surface area contributed by atoms with Gasteiger partial charge in [-0.15, -0.1) is 0 Å². The monoisotopic (exact) mass is 583 g/mol. The number of rotatable bonds is 12. The molecule has 14 nitrogen and oxygen atoms in total. The number of amides is 3. The third kappa shape index (κ3) is 6.94. The first-order valence-electron chi connectivity index (χ1n) is 12.7. The second-order valence-electron chi connectivity index (χ2n) is 10.6. The summed E-state index contributed by atoms with van der Waals surface area (Å²) in [6.45, 7) is 6.79. The van der Waals surface area contributed by atoms with Crippen molar-refractivity contribution >= 4 is 39.4 Å². The molecule has 0 saturated carbocycles. The van der Waals surface area contributed by atoms with E-state index in [4.69, 9.17) is 0 Å². The summed E-state index contributed by atoms with van der Waals surface area (Å²) in [7, 11) is -2.13. The van der Waals surface area contributed by atoms with Crippen LogP contribution in [-0.4, -0.2) is 101 Å². The SMILES string of the molecule is CC(C)C(C(=O)N[C@@H](CC(=O)O)C(=O)N1CCCC1)N(C)C(=O)C(C)(C)N(C)S(=O)(=O)c1ccccc1[N+](=O)[O-]. The van der Waals surface area contributed by atoms with Crippen LogP contribution in [0.5, 0.6) is 0 Å². The van der Waals surface area contributed by atoms with Crippen molar-refractivity contribution in [3.8, 4) is 0 Å². The summed E-state index contributed by atoms with van der Waals surface area (Å²) in [5.41, 5.74) is -2.46. The standard InChI is InChI=1S/C25H37N5O9S/c1-16(2)21(22(33)26-17(15-20(31)32)23(34)29-13-9-10-14-29)27(5)24(35)25(3,4)28(6)40(38,39)19-12-8-7-11-18(19)30(36)37/h7-8,11-12,16-17,21H,9-10,13-15H2,1-6H3,(H,26,33)(H,31,32)/t17-,21?/m0/s1. The van der Waals surface area contributed by atoms with Gasteiger partial charge in [-0.3, -0.25) is 29.3 Å². The average molecular weight is 584 g/mol. The zero-order valence-electron chi connectivity index (χ0n) is 23.5. The van der Waals surface area contributed by atoms with Gasteiger partial charge in [0.2, 0.25) is 17.7 Å². The highest BCUT2D eigenvalue weighted by Gasteiger charge is 2.46. The molecule has 0 aliphatic carbocycles. The maximum atomic E-state index is 13.7. The average Bonchev–Trinajstić information content (AvgIpc) is 3.41. The molecule has 0 spiro atoms. The minimum absolute atomic E-state index is 0.450. The molecule has 2 N–H and O–H groups in total. The van der Waals surface area contributed by atoms with E-state index in [1.807, 2.05) is 0 Å². The Kier molecular flexibility index (Phi) is 10.4. The van der Waals surface area contributed by atoms with E-state index in [1.165, 1.54) is 37.9 Å². The number of nitro groups is 1. The van der Waals surface area contributed by atoms with Crippen molar-refractivity contribution in [2.45, 2.75) is 69.5 Å². The van der Waals surface area contributed by atoms with Gasteiger partial charge in [-0.1, -0.05) is 26.0 Å². The van der Waals surface area contributed by atoms with Gasteiger partial charge >= 0.3 is 5.97 Å². The predicted molar refractivity (Wildman–Crippen MR) is 144 cm³/mol. The number of hydrogen-bond acceptors (Lipinski definition) is 8. The molecular formula is C25H37N5O9S. The first kappa shape index (κ1) is 32.6. The maximum Gasteiger partial charge on any atom is 0.305 e. The van der Waals surface area contributed by atoms with Gasteiger partial charge in [0.1, 0.15) is 17.6 Å². The molecule has 0 radical (unpaired) electrons. The molecule has 0 bridgehead atoms. The fourth-order valence-corrected chi connectivity index (χ4v) is 6.31. The predicted octanol–water partition coefficient (Wildman–Crippen LogP) is 1.06. The Labute approximate surface area is 233 Å². The lowest BCUT2D eigenvalue weighted by Crippen LogP contribution is -2.62. The third-order valence-corrected chi connectivity index (χ3v) is 9.14. The van der Waals surface area contributed by atoms with E-state index in [2.05, 4.69) is 5.32 Å². The summed E-state index contributed by atoms with van der Waals surface area (Å²) in [6.07, 6.45) is 0.887. The van der Waals surface area contributed by atoms with E-state index in [0.717, 1.165) is 36.9 Å². The number of aliphatic carboxylic acids is 1. The fraction of sp³-hybridized carbons (Fsp3) is 0.600. The Morgan fingerprint density at radius 2 is 1.68 bits per heavy atom. The van der Waals surface area contributed by atoms with Crippen LogP contribution in [0.3, 0.4) is 0 Å². The Morgan fingerprint density at radius 1 is 1.12 bits per heavy atom. The van der Waals surface area contributed by atoms with Crippen molar-refractivity contribution in [1.29, 1.82) is 0 Å². The van der Waals surface area contributed by atoms with Crippen molar-refractivity contribution < 1.29 is 37.6 Å². The van der Waals surface area contributed by atoms with Gasteiger partial charge in [0.05, 0.1) is 11.3 Å². The van der Waals surface area contributed by atoms with Crippen LogP contribution in [0.15, 0.2) is 29.2 Å². The summed E-state index contributed by atoms with van der Waals surface area (Å²) in [6, 6.07) is 2.21. The molecule has 0 aromatic heterocycles. The summed E-state index contributed by atoms with van der Waals surface area (Å²) < 4.78 is 27.5. The van der Waals surface area contributed by atoms with Crippen LogP contribution < -0.4 is 5.32 Å². The molecule has 1 saturated heterocycles. The number of likely N-dealkylation sites (tertiary alicyclic amines) is 1. The number of para-hydroxylation sites is 1. The highest BCUT2D eigenvalue weighted by molar-refractivity contribution is 7.89. The number of nitro benzene ring substituents is 1. The Hall–Kier alpha value is -3.59. The number of likely N-dealkylation sites (N-methyl/N-ethyl adjacent to an activating group) is 2. The van der Waals surface area contributed by atoms with E-state index in [0.29, 0.717) is 17.4 Å². The van der Waals surface area contributed by atoms with Gasteiger partial charge < -0.3 is 20.2 Å². The van der Waals surface area contributed by atoms with Crippen molar-refractivity contribution in [3.05, 3.63) is 34.4 Å². The number of carbonyl (C=O) groups excluding carboxylic acids is 3. The number of carbonyl (C=O) groups is 4. The Morgan fingerprint density at radius 3 is 2.17 bits per heavy atom. The van der Waals surface area contributed by atoms with E-state index in [9.17, 15) is 42.8 Å². The second-order valence-corrected chi connectivity index (χ2v) is 12.5. The normalized spacial score (nSPS) is 15.6. The van der Waals surface area contributed by atoms with Crippen molar-refractivity contribution in [3.63, 3.8) is 0 Å². The van der Waals surface area contributed by atoms with E-state index in [-0.39, 0.29) is 0 Å². The van der Waals surface area contributed by atoms with Crippen LogP contribution in [0.4, 0.5) is 5.69 Å². The lowest BCUT2D eigenvalue weighted by molar-refractivity contribution is -0.387. The van der Waals surface area contributed by atoms with Gasteiger partial charge in [-0.05, 0) is 38.7 Å². The largest absolute Gasteiger partial charge is 0.481 e. The van der Waals surface area contributed by atoms with Gasteiger partial charge in [0, 0.05) is 33.3 Å². The van der Waals surface area contributed by atoms with Crippen LogP contribution in [0, 0.1) is 16.0 Å². The van der Waals surface area contributed by atoms with E-state index >= 15 is 0 Å². The topological polar surface area (TPSA) is 188 Å². The van der Waals surface area contributed by atoms with Gasteiger partial charge in [-0.2, -0.15) is 4.31 Å². The molecule has 1 aliphatic rings. The Bertz CT molecular complexity index is 1260. The minimum atomic E-state index is -4.54. The third-order valence-electron chi connectivity index (χ3n) is 7.06. The molecule has 1 aromatic rings. The lowest BCUT2D eigenvalue weighted by atomic mass is 9.97. The van der Waals surface area contributed by atoms with Crippen LogP contribution >= 0.6 is 0 Å². The first-order chi connectivity index (χ1) is 18.4. The first-order valence-corrected chi connectivity index (χ1v) is 14.2. The minimum Gasteiger partial charge on any atom is -0.481 e. The highest BCUT2D eigenvalue weighted by atomic mass is 32.2. The fourth-order valence-electron chi connectivity index (χ4n) is 4.68. The molecule has 222 valence electrons. The van der Waals surface area contributed by atoms with Crippen LogP contribution in [0.25, 0.3) is 0 Å². The van der Waals surface area contributed by atoms with Crippen molar-refractivity contribution in [1.82, 2.24) is 19.4 Å². The summed E-state index contributed by atoms with van der Waals surface area (Å²) in [5, 5.41) is 23.3.